The number of rotatable bonds is 2. The molecule has 30 heavy (non-hydrogen) atoms. The number of hydrogen-bond acceptors (Lipinski definition) is 5. The number of hydrogen-bond donors (Lipinski definition) is 1. The number of H-pyrrole nitrogens is 1. The van der Waals surface area contributed by atoms with Crippen LogP contribution in [0.15, 0.2) is 45.8 Å². The number of halogens is 4. The Labute approximate surface area is 165 Å². The summed E-state index contributed by atoms with van der Waals surface area (Å²) in [5, 5.41) is 0.193. The number of carbonyl (C=O) groups is 1. The maximum absolute atomic E-state index is 15.2. The van der Waals surface area contributed by atoms with Crippen LogP contribution in [-0.2, 0) is 12.6 Å². The molecule has 0 radical (unpaired) electrons. The van der Waals surface area contributed by atoms with E-state index in [1.807, 2.05) is 0 Å². The fourth-order valence-corrected chi connectivity index (χ4v) is 3.70. The molecular weight excluding hydrogens is 408 g/mol. The van der Waals surface area contributed by atoms with Crippen molar-refractivity contribution in [2.45, 2.75) is 18.6 Å². The number of carbonyl (C=O) groups excluding carboxylic acids is 1. The lowest BCUT2D eigenvalue weighted by molar-refractivity contribution is -0.141. The molecule has 1 aliphatic rings. The Balaban J connectivity index is 1.66. The Kier molecular flexibility index (Phi) is 3.95. The maximum atomic E-state index is 15.2. The number of benzene rings is 1. The lowest BCUT2D eigenvalue weighted by atomic mass is 9.99. The van der Waals surface area contributed by atoms with Crippen LogP contribution >= 0.6 is 0 Å². The van der Waals surface area contributed by atoms with Gasteiger partial charge in [-0.3, -0.25) is 4.79 Å². The van der Waals surface area contributed by atoms with Crippen LogP contribution in [0.5, 0.6) is 0 Å². The molecule has 11 heteroatoms. The molecule has 154 valence electrons. The molecular formula is C19H12F4N4O3. The van der Waals surface area contributed by atoms with Crippen LogP contribution in [0.1, 0.15) is 39.4 Å². The van der Waals surface area contributed by atoms with Gasteiger partial charge in [0.25, 0.3) is 5.91 Å². The third-order valence-corrected chi connectivity index (χ3v) is 5.02. The SMILES string of the molecule is O=C(c1ocnc1C(F)(F)F)N1CCc2[nH]cnc2[C@H]1c1oc2ccccc2c1F. The van der Waals surface area contributed by atoms with Crippen LogP contribution in [0.2, 0.25) is 0 Å². The van der Waals surface area contributed by atoms with Crippen LogP contribution in [0.3, 0.4) is 0 Å². The van der Waals surface area contributed by atoms with Gasteiger partial charge in [0.2, 0.25) is 5.76 Å². The van der Waals surface area contributed by atoms with Crippen molar-refractivity contribution in [3.05, 3.63) is 71.4 Å². The molecule has 1 aromatic carbocycles. The molecule has 0 aliphatic carbocycles. The van der Waals surface area contributed by atoms with Crippen molar-refractivity contribution < 1.29 is 31.2 Å². The fourth-order valence-electron chi connectivity index (χ4n) is 3.70. The Morgan fingerprint density at radius 2 is 2.03 bits per heavy atom. The molecule has 1 amide bonds. The van der Waals surface area contributed by atoms with Crippen LogP contribution in [0.25, 0.3) is 11.0 Å². The number of para-hydroxylation sites is 1. The Hall–Kier alpha value is -3.63. The molecule has 7 nitrogen and oxygen atoms in total. The van der Waals surface area contributed by atoms with Crippen molar-refractivity contribution in [2.24, 2.45) is 0 Å². The van der Waals surface area contributed by atoms with Gasteiger partial charge < -0.3 is 18.7 Å². The quantitative estimate of drug-likeness (QED) is 0.494. The second-order valence-electron chi connectivity index (χ2n) is 6.72. The zero-order valence-electron chi connectivity index (χ0n) is 15.0. The van der Waals surface area contributed by atoms with Gasteiger partial charge in [0.05, 0.1) is 17.4 Å². The molecule has 0 fully saturated rings. The molecule has 1 N–H and O–H groups in total. The third-order valence-electron chi connectivity index (χ3n) is 5.02. The number of imidazole rings is 1. The number of furan rings is 1. The molecule has 0 bridgehead atoms. The maximum Gasteiger partial charge on any atom is 0.437 e. The highest BCUT2D eigenvalue weighted by atomic mass is 19.4. The highest BCUT2D eigenvalue weighted by molar-refractivity contribution is 5.93. The smallest absolute Gasteiger partial charge is 0.437 e. The first kappa shape index (κ1) is 18.4. The van der Waals surface area contributed by atoms with Crippen molar-refractivity contribution in [2.75, 3.05) is 6.54 Å². The van der Waals surface area contributed by atoms with E-state index in [0.29, 0.717) is 17.8 Å². The second-order valence-corrected chi connectivity index (χ2v) is 6.72. The van der Waals surface area contributed by atoms with Crippen molar-refractivity contribution >= 4 is 16.9 Å². The minimum Gasteiger partial charge on any atom is -0.455 e. The zero-order valence-corrected chi connectivity index (χ0v) is 15.0. The molecule has 5 rings (SSSR count). The van der Waals surface area contributed by atoms with Crippen LogP contribution in [0, 0.1) is 5.82 Å². The predicted octanol–water partition coefficient (Wildman–Crippen LogP) is 4.09. The molecule has 0 unspecified atom stereocenters. The van der Waals surface area contributed by atoms with Gasteiger partial charge in [-0.05, 0) is 12.1 Å². The summed E-state index contributed by atoms with van der Waals surface area (Å²) in [7, 11) is 0. The fraction of sp³-hybridized carbons (Fsp3) is 0.211. The molecule has 1 aliphatic heterocycles. The predicted molar refractivity (Wildman–Crippen MR) is 92.8 cm³/mol. The molecule has 1 atom stereocenters. The van der Waals surface area contributed by atoms with Crippen molar-refractivity contribution in [1.82, 2.24) is 19.9 Å². The van der Waals surface area contributed by atoms with Gasteiger partial charge in [0, 0.05) is 18.7 Å². The summed E-state index contributed by atoms with van der Waals surface area (Å²) < 4.78 is 65.3. The van der Waals surface area contributed by atoms with E-state index in [9.17, 15) is 18.0 Å². The van der Waals surface area contributed by atoms with E-state index in [1.165, 1.54) is 12.4 Å². The van der Waals surface area contributed by atoms with Gasteiger partial charge >= 0.3 is 6.18 Å². The van der Waals surface area contributed by atoms with Crippen molar-refractivity contribution in [3.8, 4) is 0 Å². The van der Waals surface area contributed by atoms with Gasteiger partial charge in [0.1, 0.15) is 11.6 Å². The van der Waals surface area contributed by atoms with Gasteiger partial charge in [-0.25, -0.2) is 14.4 Å². The number of oxazole rings is 1. The Morgan fingerprint density at radius 3 is 2.80 bits per heavy atom. The number of alkyl halides is 3. The summed E-state index contributed by atoms with van der Waals surface area (Å²) in [5.41, 5.74) is -0.266. The minimum absolute atomic E-state index is 0.00677. The molecule has 0 spiro atoms. The molecule has 0 saturated carbocycles. The third kappa shape index (κ3) is 2.69. The summed E-state index contributed by atoms with van der Waals surface area (Å²) in [4.78, 5) is 24.3. The number of aromatic nitrogens is 3. The van der Waals surface area contributed by atoms with Gasteiger partial charge in [-0.1, -0.05) is 12.1 Å². The Morgan fingerprint density at radius 1 is 1.23 bits per heavy atom. The van der Waals surface area contributed by atoms with E-state index >= 15 is 4.39 Å². The average molecular weight is 420 g/mol. The summed E-state index contributed by atoms with van der Waals surface area (Å²) in [6.07, 6.45) is -2.67. The minimum atomic E-state index is -4.88. The second kappa shape index (κ2) is 6.44. The van der Waals surface area contributed by atoms with E-state index < -0.39 is 35.4 Å². The Bertz CT molecular complexity index is 1260. The van der Waals surface area contributed by atoms with Crippen LogP contribution < -0.4 is 0 Å². The highest BCUT2D eigenvalue weighted by Gasteiger charge is 2.45. The number of aromatic amines is 1. The van der Waals surface area contributed by atoms with E-state index in [1.54, 1.807) is 18.2 Å². The first-order valence-corrected chi connectivity index (χ1v) is 8.87. The van der Waals surface area contributed by atoms with Gasteiger partial charge in [-0.2, -0.15) is 13.2 Å². The topological polar surface area (TPSA) is 88.2 Å². The van der Waals surface area contributed by atoms with E-state index in [-0.39, 0.29) is 29.7 Å². The van der Waals surface area contributed by atoms with Crippen LogP contribution in [-0.4, -0.2) is 32.3 Å². The summed E-state index contributed by atoms with van der Waals surface area (Å²) in [5.74, 6) is -2.98. The monoisotopic (exact) mass is 420 g/mol. The summed E-state index contributed by atoms with van der Waals surface area (Å²) in [6, 6.07) is 5.17. The molecule has 3 aromatic heterocycles. The van der Waals surface area contributed by atoms with E-state index in [0.717, 1.165) is 4.90 Å². The number of amides is 1. The van der Waals surface area contributed by atoms with E-state index in [4.69, 9.17) is 8.83 Å². The first-order valence-electron chi connectivity index (χ1n) is 8.87. The normalized spacial score (nSPS) is 16.8. The highest BCUT2D eigenvalue weighted by Crippen LogP contribution is 2.40. The van der Waals surface area contributed by atoms with Crippen molar-refractivity contribution in [1.29, 1.82) is 0 Å². The summed E-state index contributed by atoms with van der Waals surface area (Å²) in [6.45, 7) is -0.00677. The zero-order chi connectivity index (χ0) is 21.0. The molecule has 4 heterocycles. The molecule has 4 aromatic rings. The van der Waals surface area contributed by atoms with Crippen molar-refractivity contribution in [3.63, 3.8) is 0 Å². The lowest BCUT2D eigenvalue weighted by Gasteiger charge is -2.33. The first-order chi connectivity index (χ1) is 14.4. The standard InChI is InChI=1S/C19H12F4N4O3/c20-12-9-3-1-2-4-11(9)30-15(12)14-13-10(24-7-25-13)5-6-27(14)18(28)16-17(19(21,22)23)26-8-29-16/h1-4,7-8,14H,5-6H2,(H,24,25)/t14-/m0/s1. The largest absolute Gasteiger partial charge is 0.455 e. The lowest BCUT2D eigenvalue weighted by Crippen LogP contribution is -2.41. The number of nitrogens with one attached hydrogen (secondary N) is 1. The van der Waals surface area contributed by atoms with Crippen LogP contribution in [0.4, 0.5) is 17.6 Å². The van der Waals surface area contributed by atoms with Gasteiger partial charge in [-0.15, -0.1) is 0 Å². The van der Waals surface area contributed by atoms with Gasteiger partial charge in [0.15, 0.2) is 23.7 Å². The number of nitrogens with zero attached hydrogens (tertiary/aromatic N) is 3. The average Bonchev–Trinajstić information content (AvgIpc) is 3.45. The van der Waals surface area contributed by atoms with E-state index in [2.05, 4.69) is 15.0 Å². The molecule has 0 saturated heterocycles. The summed E-state index contributed by atoms with van der Waals surface area (Å²) >= 11 is 0. The number of fused-ring (bicyclic) bond motifs is 2.